The number of benzene rings is 1. The lowest BCUT2D eigenvalue weighted by Crippen LogP contribution is -2.30. The summed E-state index contributed by atoms with van der Waals surface area (Å²) in [6.45, 7) is 7.70. The van der Waals surface area contributed by atoms with E-state index in [1.54, 1.807) is 7.11 Å². The van der Waals surface area contributed by atoms with Crippen molar-refractivity contribution in [1.82, 2.24) is 4.90 Å². The third-order valence-corrected chi connectivity index (χ3v) is 4.63. The van der Waals surface area contributed by atoms with Gasteiger partial charge in [-0.3, -0.25) is 4.79 Å². The normalized spacial score (nSPS) is 10.4. The van der Waals surface area contributed by atoms with Crippen LogP contribution < -0.4 is 9.47 Å². The first-order valence-electron chi connectivity index (χ1n) is 7.73. The number of thiophene rings is 1. The number of aryl methyl sites for hydroxylation is 1. The van der Waals surface area contributed by atoms with E-state index in [2.05, 4.69) is 0 Å². The van der Waals surface area contributed by atoms with Gasteiger partial charge in [-0.1, -0.05) is 6.07 Å². The van der Waals surface area contributed by atoms with Crippen molar-refractivity contribution in [3.05, 3.63) is 45.6 Å². The van der Waals surface area contributed by atoms with Crippen molar-refractivity contribution in [3.8, 4) is 11.5 Å². The lowest BCUT2D eigenvalue weighted by atomic mass is 10.1. The van der Waals surface area contributed by atoms with Crippen LogP contribution in [0.1, 0.15) is 34.6 Å². The van der Waals surface area contributed by atoms with E-state index in [-0.39, 0.29) is 5.91 Å². The number of carbonyl (C=O) groups excluding carboxylic acids is 1. The number of carbonyl (C=O) groups is 1. The summed E-state index contributed by atoms with van der Waals surface area (Å²) in [6.07, 6.45) is 0. The summed E-state index contributed by atoms with van der Waals surface area (Å²) < 4.78 is 10.9. The molecule has 0 aliphatic carbocycles. The van der Waals surface area contributed by atoms with Gasteiger partial charge in [-0.15, -0.1) is 11.3 Å². The van der Waals surface area contributed by atoms with Crippen LogP contribution in [-0.4, -0.2) is 31.1 Å². The second-order valence-electron chi connectivity index (χ2n) is 5.17. The highest BCUT2D eigenvalue weighted by Gasteiger charge is 2.18. The number of rotatable bonds is 7. The third kappa shape index (κ3) is 4.05. The summed E-state index contributed by atoms with van der Waals surface area (Å²) in [4.78, 5) is 15.3. The minimum atomic E-state index is 0.0767. The van der Waals surface area contributed by atoms with Crippen molar-refractivity contribution in [3.63, 3.8) is 0 Å². The molecule has 2 aromatic rings. The van der Waals surface area contributed by atoms with Crippen LogP contribution in [0, 0.1) is 6.92 Å². The average molecular weight is 333 g/mol. The lowest BCUT2D eigenvalue weighted by molar-refractivity contribution is 0.0756. The average Bonchev–Trinajstić information content (AvgIpc) is 2.99. The number of nitrogens with zero attached hydrogens (tertiary/aromatic N) is 1. The highest BCUT2D eigenvalue weighted by atomic mass is 32.1. The Morgan fingerprint density at radius 2 is 2.00 bits per heavy atom. The topological polar surface area (TPSA) is 38.8 Å². The monoisotopic (exact) mass is 333 g/mol. The third-order valence-electron chi connectivity index (χ3n) is 3.63. The molecular weight excluding hydrogens is 310 g/mol. The van der Waals surface area contributed by atoms with Gasteiger partial charge in [-0.05, 0) is 55.5 Å². The second kappa shape index (κ2) is 8.02. The van der Waals surface area contributed by atoms with Gasteiger partial charge in [0.2, 0.25) is 0 Å². The summed E-state index contributed by atoms with van der Waals surface area (Å²) in [7, 11) is 1.62. The van der Waals surface area contributed by atoms with E-state index in [0.717, 1.165) is 21.8 Å². The first-order chi connectivity index (χ1) is 11.1. The quantitative estimate of drug-likeness (QED) is 0.765. The number of ether oxygens (including phenoxy) is 2. The van der Waals surface area contributed by atoms with E-state index in [0.29, 0.717) is 25.4 Å². The first-order valence-corrected chi connectivity index (χ1v) is 8.61. The van der Waals surface area contributed by atoms with Crippen LogP contribution in [0.15, 0.2) is 29.6 Å². The molecule has 0 saturated carbocycles. The van der Waals surface area contributed by atoms with Crippen LogP contribution >= 0.6 is 11.3 Å². The van der Waals surface area contributed by atoms with Crippen LogP contribution in [0.3, 0.4) is 0 Å². The van der Waals surface area contributed by atoms with E-state index >= 15 is 0 Å². The first kappa shape index (κ1) is 17.3. The van der Waals surface area contributed by atoms with Gasteiger partial charge in [0.25, 0.3) is 5.91 Å². The molecule has 0 radical (unpaired) electrons. The van der Waals surface area contributed by atoms with Gasteiger partial charge >= 0.3 is 0 Å². The Morgan fingerprint density at radius 1 is 1.22 bits per heavy atom. The van der Waals surface area contributed by atoms with Gasteiger partial charge in [-0.2, -0.15) is 0 Å². The molecule has 0 fully saturated rings. The smallest absolute Gasteiger partial charge is 0.264 e. The Kier molecular flexibility index (Phi) is 6.04. The van der Waals surface area contributed by atoms with Crippen molar-refractivity contribution >= 4 is 17.2 Å². The summed E-state index contributed by atoms with van der Waals surface area (Å²) in [5.74, 6) is 1.50. The Labute approximate surface area is 141 Å². The molecule has 1 heterocycles. The molecule has 1 amide bonds. The SMILES string of the molecule is CCOc1ccc(CN(CC)C(=O)c2sccc2C)cc1OC. The number of hydrogen-bond donors (Lipinski definition) is 0. The van der Waals surface area contributed by atoms with Crippen LogP contribution in [0.25, 0.3) is 0 Å². The molecule has 1 aromatic carbocycles. The van der Waals surface area contributed by atoms with Gasteiger partial charge in [-0.25, -0.2) is 0 Å². The lowest BCUT2D eigenvalue weighted by Gasteiger charge is -2.21. The van der Waals surface area contributed by atoms with Gasteiger partial charge in [0.1, 0.15) is 0 Å². The van der Waals surface area contributed by atoms with E-state index in [9.17, 15) is 4.79 Å². The predicted molar refractivity (Wildman–Crippen MR) is 93.6 cm³/mol. The summed E-state index contributed by atoms with van der Waals surface area (Å²) in [5, 5.41) is 1.95. The molecule has 0 saturated heterocycles. The molecule has 0 spiro atoms. The molecule has 0 bridgehead atoms. The molecule has 124 valence electrons. The van der Waals surface area contributed by atoms with Crippen LogP contribution in [0.5, 0.6) is 11.5 Å². The molecule has 23 heavy (non-hydrogen) atoms. The predicted octanol–water partition coefficient (Wildman–Crippen LogP) is 4.13. The highest BCUT2D eigenvalue weighted by molar-refractivity contribution is 7.12. The largest absolute Gasteiger partial charge is 0.493 e. The van der Waals surface area contributed by atoms with Crippen molar-refractivity contribution < 1.29 is 14.3 Å². The van der Waals surface area contributed by atoms with Crippen LogP contribution in [-0.2, 0) is 6.54 Å². The highest BCUT2D eigenvalue weighted by Crippen LogP contribution is 2.29. The molecule has 0 N–H and O–H groups in total. The van der Waals surface area contributed by atoms with Crippen molar-refractivity contribution in [2.75, 3.05) is 20.3 Å². The maximum Gasteiger partial charge on any atom is 0.264 e. The fourth-order valence-electron chi connectivity index (χ4n) is 2.37. The van der Waals surface area contributed by atoms with E-state index < -0.39 is 0 Å². The molecule has 2 rings (SSSR count). The van der Waals surface area contributed by atoms with Gasteiger partial charge in [0.15, 0.2) is 11.5 Å². The van der Waals surface area contributed by atoms with Crippen molar-refractivity contribution in [2.24, 2.45) is 0 Å². The maximum atomic E-state index is 12.7. The van der Waals surface area contributed by atoms with E-state index in [1.807, 2.05) is 55.3 Å². The zero-order valence-corrected chi connectivity index (χ0v) is 14.9. The fourth-order valence-corrected chi connectivity index (χ4v) is 3.26. The van der Waals surface area contributed by atoms with Crippen molar-refractivity contribution in [2.45, 2.75) is 27.3 Å². The van der Waals surface area contributed by atoms with Crippen LogP contribution in [0.4, 0.5) is 0 Å². The molecule has 0 atom stereocenters. The van der Waals surface area contributed by atoms with Crippen molar-refractivity contribution in [1.29, 1.82) is 0 Å². The summed E-state index contributed by atoms with van der Waals surface area (Å²) in [6, 6.07) is 7.78. The second-order valence-corrected chi connectivity index (χ2v) is 6.09. The number of amides is 1. The van der Waals surface area contributed by atoms with E-state index in [1.165, 1.54) is 11.3 Å². The minimum Gasteiger partial charge on any atom is -0.493 e. The zero-order valence-electron chi connectivity index (χ0n) is 14.1. The molecule has 1 aromatic heterocycles. The van der Waals surface area contributed by atoms with Gasteiger partial charge < -0.3 is 14.4 Å². The van der Waals surface area contributed by atoms with Gasteiger partial charge in [0.05, 0.1) is 18.6 Å². The molecule has 4 nitrogen and oxygen atoms in total. The Morgan fingerprint density at radius 3 is 2.57 bits per heavy atom. The van der Waals surface area contributed by atoms with E-state index in [4.69, 9.17) is 9.47 Å². The molecule has 0 unspecified atom stereocenters. The molecule has 0 aliphatic heterocycles. The molecule has 5 heteroatoms. The minimum absolute atomic E-state index is 0.0767. The van der Waals surface area contributed by atoms with Gasteiger partial charge in [0, 0.05) is 13.1 Å². The fraction of sp³-hybridized carbons (Fsp3) is 0.389. The maximum absolute atomic E-state index is 12.7. The standard InChI is InChI=1S/C18H23NO3S/c1-5-19(18(20)17-13(3)9-10-23-17)12-14-7-8-15(22-6-2)16(11-14)21-4/h7-11H,5-6,12H2,1-4H3. The number of hydrogen-bond acceptors (Lipinski definition) is 4. The molecular formula is C18H23NO3S. The Balaban J connectivity index is 2.18. The Bertz CT molecular complexity index is 666. The Hall–Kier alpha value is -2.01. The van der Waals surface area contributed by atoms with Crippen LogP contribution in [0.2, 0.25) is 0 Å². The zero-order chi connectivity index (χ0) is 16.8. The molecule has 0 aliphatic rings. The number of methoxy groups -OCH3 is 1. The summed E-state index contributed by atoms with van der Waals surface area (Å²) in [5.41, 5.74) is 2.05. The summed E-state index contributed by atoms with van der Waals surface area (Å²) >= 11 is 1.49.